The molecule has 0 amide bonds. The third-order valence-electron chi connectivity index (χ3n) is 5.91. The van der Waals surface area contributed by atoms with Crippen LogP contribution in [0.2, 0.25) is 5.82 Å². The Labute approximate surface area is 148 Å². The molecule has 0 aromatic heterocycles. The molecule has 0 spiro atoms. The van der Waals surface area contributed by atoms with Crippen molar-refractivity contribution >= 4 is 7.85 Å². The van der Waals surface area contributed by atoms with Crippen LogP contribution in [0.3, 0.4) is 0 Å². The molecule has 1 saturated carbocycles. The summed E-state index contributed by atoms with van der Waals surface area (Å²) in [6.07, 6.45) is 10.2. The summed E-state index contributed by atoms with van der Waals surface area (Å²) in [7, 11) is 2.34. The number of nitrogens with two attached hydrogens (primary N) is 1. The van der Waals surface area contributed by atoms with Gasteiger partial charge in [-0.3, -0.25) is 0 Å². The minimum Gasteiger partial charge on any atom is -0.394 e. The summed E-state index contributed by atoms with van der Waals surface area (Å²) in [5.41, 5.74) is 9.57. The Kier molecular flexibility index (Phi) is 6.53. The molecule has 1 aliphatic carbocycles. The highest BCUT2D eigenvalue weighted by Gasteiger charge is 2.43. The summed E-state index contributed by atoms with van der Waals surface area (Å²) in [6.45, 7) is 12.6. The number of rotatable bonds is 8. The molecule has 0 bridgehead atoms. The average molecular weight is 328 g/mol. The molecule has 132 valence electrons. The average Bonchev–Trinajstić information content (AvgIpc) is 3.14. The van der Waals surface area contributed by atoms with Crippen molar-refractivity contribution < 1.29 is 5.11 Å². The van der Waals surface area contributed by atoms with Crippen LogP contribution in [-0.4, -0.2) is 43.6 Å². The van der Waals surface area contributed by atoms with E-state index in [9.17, 15) is 0 Å². The van der Waals surface area contributed by atoms with Crippen molar-refractivity contribution in [3.05, 3.63) is 47.7 Å². The van der Waals surface area contributed by atoms with E-state index in [1.807, 2.05) is 0 Å². The van der Waals surface area contributed by atoms with Crippen molar-refractivity contribution in [3.8, 4) is 0 Å². The summed E-state index contributed by atoms with van der Waals surface area (Å²) in [6, 6.07) is -0.327. The van der Waals surface area contributed by atoms with Gasteiger partial charge in [-0.2, -0.15) is 0 Å². The molecular formula is C20H33BN2O. The molecule has 1 aliphatic heterocycles. The Hall–Kier alpha value is -1.26. The van der Waals surface area contributed by atoms with Gasteiger partial charge in [0.2, 0.25) is 0 Å². The van der Waals surface area contributed by atoms with Crippen LogP contribution in [0.25, 0.3) is 0 Å². The van der Waals surface area contributed by atoms with Crippen molar-refractivity contribution in [1.82, 2.24) is 4.90 Å². The fraction of sp³-hybridized carbons (Fsp3) is 0.600. The van der Waals surface area contributed by atoms with Crippen LogP contribution in [-0.2, 0) is 0 Å². The second-order valence-corrected chi connectivity index (χ2v) is 7.49. The van der Waals surface area contributed by atoms with E-state index in [1.165, 1.54) is 11.1 Å². The summed E-state index contributed by atoms with van der Waals surface area (Å²) in [4.78, 5) is 2.19. The molecule has 24 heavy (non-hydrogen) atoms. The van der Waals surface area contributed by atoms with Crippen molar-refractivity contribution in [2.75, 3.05) is 19.7 Å². The second-order valence-electron chi connectivity index (χ2n) is 7.49. The highest BCUT2D eigenvalue weighted by atomic mass is 16.3. The SMILES string of the molecule is BC1C(C)C1C(/C=C\C(=C\C)CC1CN(C(=C)C(N)CO)C1)=C/C. The fourth-order valence-electron chi connectivity index (χ4n) is 3.76. The lowest BCUT2D eigenvalue weighted by molar-refractivity contribution is 0.126. The van der Waals surface area contributed by atoms with E-state index in [1.54, 1.807) is 0 Å². The van der Waals surface area contributed by atoms with Crippen LogP contribution in [0.15, 0.2) is 47.7 Å². The Morgan fingerprint density at radius 2 is 1.96 bits per heavy atom. The van der Waals surface area contributed by atoms with Gasteiger partial charge in [0.1, 0.15) is 7.85 Å². The molecule has 0 aromatic carbocycles. The monoisotopic (exact) mass is 328 g/mol. The van der Waals surface area contributed by atoms with Gasteiger partial charge in [0.15, 0.2) is 0 Å². The van der Waals surface area contributed by atoms with E-state index >= 15 is 0 Å². The van der Waals surface area contributed by atoms with Crippen LogP contribution in [0.5, 0.6) is 0 Å². The third kappa shape index (κ3) is 4.23. The molecule has 3 N–H and O–H groups in total. The van der Waals surface area contributed by atoms with E-state index in [2.05, 4.69) is 64.4 Å². The largest absolute Gasteiger partial charge is 0.394 e. The van der Waals surface area contributed by atoms with Crippen molar-refractivity contribution in [3.63, 3.8) is 0 Å². The molecule has 1 saturated heterocycles. The molecule has 0 aromatic rings. The van der Waals surface area contributed by atoms with Crippen LogP contribution in [0.4, 0.5) is 0 Å². The van der Waals surface area contributed by atoms with E-state index in [0.29, 0.717) is 5.92 Å². The molecule has 2 aliphatic rings. The van der Waals surface area contributed by atoms with Gasteiger partial charge in [0.05, 0.1) is 12.6 Å². The number of hydrogen-bond acceptors (Lipinski definition) is 3. The smallest absolute Gasteiger partial charge is 0.106 e. The van der Waals surface area contributed by atoms with Crippen LogP contribution in [0.1, 0.15) is 27.2 Å². The maximum Gasteiger partial charge on any atom is 0.106 e. The first-order valence-corrected chi connectivity index (χ1v) is 9.22. The highest BCUT2D eigenvalue weighted by molar-refractivity contribution is 6.14. The summed E-state index contributed by atoms with van der Waals surface area (Å²) < 4.78 is 0. The molecule has 4 heteroatoms. The molecule has 2 rings (SSSR count). The van der Waals surface area contributed by atoms with Crippen LogP contribution >= 0.6 is 0 Å². The fourth-order valence-corrected chi connectivity index (χ4v) is 3.76. The Morgan fingerprint density at radius 3 is 2.42 bits per heavy atom. The second kappa shape index (κ2) is 8.22. The van der Waals surface area contributed by atoms with Gasteiger partial charge in [0.25, 0.3) is 0 Å². The van der Waals surface area contributed by atoms with E-state index in [0.717, 1.165) is 42.9 Å². The first-order valence-electron chi connectivity index (χ1n) is 9.22. The Morgan fingerprint density at radius 1 is 1.33 bits per heavy atom. The number of aliphatic hydroxyl groups excluding tert-OH is 1. The molecule has 1 heterocycles. The van der Waals surface area contributed by atoms with Gasteiger partial charge in [-0.05, 0) is 43.6 Å². The first-order chi connectivity index (χ1) is 11.4. The summed E-state index contributed by atoms with van der Waals surface area (Å²) in [5.74, 6) is 3.02. The van der Waals surface area contributed by atoms with Gasteiger partial charge in [-0.1, -0.05) is 49.2 Å². The van der Waals surface area contributed by atoms with E-state index < -0.39 is 0 Å². The third-order valence-corrected chi connectivity index (χ3v) is 5.91. The van der Waals surface area contributed by atoms with Gasteiger partial charge in [-0.15, -0.1) is 0 Å². The van der Waals surface area contributed by atoms with Gasteiger partial charge >= 0.3 is 0 Å². The zero-order valence-electron chi connectivity index (χ0n) is 15.7. The molecule has 2 fully saturated rings. The molecule has 0 radical (unpaired) electrons. The highest BCUT2D eigenvalue weighted by Crippen LogP contribution is 2.54. The van der Waals surface area contributed by atoms with Crippen molar-refractivity contribution in [1.29, 1.82) is 0 Å². The maximum atomic E-state index is 9.12. The van der Waals surface area contributed by atoms with E-state index in [4.69, 9.17) is 10.8 Å². The number of aliphatic hydroxyl groups is 1. The summed E-state index contributed by atoms with van der Waals surface area (Å²) >= 11 is 0. The zero-order chi connectivity index (χ0) is 17.9. The molecule has 3 nitrogen and oxygen atoms in total. The summed E-state index contributed by atoms with van der Waals surface area (Å²) in [5, 5.41) is 9.12. The van der Waals surface area contributed by atoms with E-state index in [-0.39, 0.29) is 12.6 Å². The number of allylic oxidation sites excluding steroid dienone is 6. The first kappa shape index (κ1) is 19.1. The Bertz CT molecular complexity index is 538. The lowest BCUT2D eigenvalue weighted by Crippen LogP contribution is -2.50. The Balaban J connectivity index is 1.82. The maximum absolute atomic E-state index is 9.12. The minimum absolute atomic E-state index is 0.0347. The quantitative estimate of drug-likeness (QED) is 0.531. The van der Waals surface area contributed by atoms with Crippen molar-refractivity contribution in [2.24, 2.45) is 23.5 Å². The van der Waals surface area contributed by atoms with Gasteiger partial charge in [-0.25, -0.2) is 0 Å². The predicted molar refractivity (Wildman–Crippen MR) is 105 cm³/mol. The number of hydrogen-bond donors (Lipinski definition) is 2. The zero-order valence-corrected chi connectivity index (χ0v) is 15.7. The molecular weight excluding hydrogens is 295 g/mol. The van der Waals surface area contributed by atoms with Crippen LogP contribution < -0.4 is 5.73 Å². The van der Waals surface area contributed by atoms with Gasteiger partial charge in [0, 0.05) is 18.8 Å². The topological polar surface area (TPSA) is 49.5 Å². The number of likely N-dealkylation sites (tertiary alicyclic amines) is 1. The minimum atomic E-state index is -0.327. The lowest BCUT2D eigenvalue weighted by Gasteiger charge is -2.43. The predicted octanol–water partition coefficient (Wildman–Crippen LogP) is 2.28. The number of nitrogens with zero attached hydrogens (tertiary/aromatic N) is 1. The van der Waals surface area contributed by atoms with Crippen LogP contribution in [0, 0.1) is 17.8 Å². The van der Waals surface area contributed by atoms with Gasteiger partial charge < -0.3 is 15.7 Å². The molecule has 4 atom stereocenters. The molecule has 4 unspecified atom stereocenters. The van der Waals surface area contributed by atoms with Crippen molar-refractivity contribution in [2.45, 2.75) is 39.1 Å². The normalized spacial score (nSPS) is 29.7. The lowest BCUT2D eigenvalue weighted by atomic mass is 9.90. The standard InChI is InChI=1S/C20H33BN2O/c1-5-15(7-8-17(6-2)19-13(3)20(19)21)9-16-10-23(11-16)14(4)18(22)12-24/h5-8,13,16,18-20,24H,4,9-12,21-22H2,1-3H3/b8-7-,15-5-,17-6+.